The normalized spacial score (nSPS) is 11.5. The SMILES string of the molecule is Cc1ccc(S(=O)(=O)N(CC(=O)N/N=C\c2ccc(OCc3cccc(Cl)c3)cc2)c2ccc(C(C)C)cc2)cc1. The van der Waals surface area contributed by atoms with E-state index in [4.69, 9.17) is 16.3 Å². The van der Waals surface area contributed by atoms with Crippen LogP contribution in [-0.4, -0.2) is 27.1 Å². The number of hydrogen-bond donors (Lipinski definition) is 1. The van der Waals surface area contributed by atoms with E-state index in [1.807, 2.05) is 43.3 Å². The van der Waals surface area contributed by atoms with Gasteiger partial charge in [-0.05, 0) is 90.2 Å². The number of hydrogen-bond acceptors (Lipinski definition) is 5. The zero-order valence-electron chi connectivity index (χ0n) is 23.1. The molecule has 0 aliphatic heterocycles. The van der Waals surface area contributed by atoms with E-state index in [9.17, 15) is 13.2 Å². The Morgan fingerprint density at radius 3 is 2.29 bits per heavy atom. The van der Waals surface area contributed by atoms with Crippen molar-refractivity contribution >= 4 is 39.4 Å². The van der Waals surface area contributed by atoms with Crippen LogP contribution in [-0.2, 0) is 21.4 Å². The summed E-state index contributed by atoms with van der Waals surface area (Å²) in [6.07, 6.45) is 1.48. The summed E-state index contributed by atoms with van der Waals surface area (Å²) in [5.74, 6) is 0.380. The second kappa shape index (κ2) is 13.5. The van der Waals surface area contributed by atoms with Crippen LogP contribution in [0, 0.1) is 6.92 Å². The van der Waals surface area contributed by atoms with Crippen molar-refractivity contribution in [3.8, 4) is 5.75 Å². The third kappa shape index (κ3) is 8.19. The fourth-order valence-corrected chi connectivity index (χ4v) is 5.60. The fourth-order valence-electron chi connectivity index (χ4n) is 3.97. The largest absolute Gasteiger partial charge is 0.489 e. The molecule has 0 spiro atoms. The van der Waals surface area contributed by atoms with Crippen LogP contribution >= 0.6 is 11.6 Å². The molecule has 0 aliphatic carbocycles. The van der Waals surface area contributed by atoms with Gasteiger partial charge < -0.3 is 4.74 Å². The summed E-state index contributed by atoms with van der Waals surface area (Å²) < 4.78 is 34.0. The van der Waals surface area contributed by atoms with Crippen molar-refractivity contribution in [3.05, 3.63) is 124 Å². The molecule has 0 unspecified atom stereocenters. The number of aryl methyl sites for hydroxylation is 1. The number of carbonyl (C=O) groups is 1. The van der Waals surface area contributed by atoms with Crippen LogP contribution in [0.25, 0.3) is 0 Å². The molecule has 9 heteroatoms. The molecule has 1 amide bonds. The van der Waals surface area contributed by atoms with Crippen molar-refractivity contribution in [1.82, 2.24) is 5.43 Å². The van der Waals surface area contributed by atoms with Crippen LogP contribution in [0.2, 0.25) is 5.02 Å². The Kier molecular flexibility index (Phi) is 9.81. The minimum Gasteiger partial charge on any atom is -0.489 e. The molecule has 4 aromatic rings. The smallest absolute Gasteiger partial charge is 0.264 e. The molecule has 4 rings (SSSR count). The zero-order valence-corrected chi connectivity index (χ0v) is 24.7. The lowest BCUT2D eigenvalue weighted by Crippen LogP contribution is -2.39. The van der Waals surface area contributed by atoms with Crippen molar-refractivity contribution in [1.29, 1.82) is 0 Å². The summed E-state index contributed by atoms with van der Waals surface area (Å²) in [5, 5.41) is 4.68. The number of nitrogens with zero attached hydrogens (tertiary/aromatic N) is 2. The van der Waals surface area contributed by atoms with Gasteiger partial charge in [-0.25, -0.2) is 13.8 Å². The van der Waals surface area contributed by atoms with E-state index in [-0.39, 0.29) is 10.8 Å². The van der Waals surface area contributed by atoms with Gasteiger partial charge in [0.25, 0.3) is 15.9 Å². The molecule has 212 valence electrons. The molecule has 0 bridgehead atoms. The third-order valence-corrected chi connectivity index (χ3v) is 8.34. The number of carbonyl (C=O) groups excluding carboxylic acids is 1. The summed E-state index contributed by atoms with van der Waals surface area (Å²) in [4.78, 5) is 13.0. The minimum absolute atomic E-state index is 0.102. The average molecular weight is 590 g/mol. The van der Waals surface area contributed by atoms with Crippen LogP contribution < -0.4 is 14.5 Å². The molecule has 0 fully saturated rings. The maximum atomic E-state index is 13.6. The number of rotatable bonds is 11. The quantitative estimate of drug-likeness (QED) is 0.156. The molecule has 0 atom stereocenters. The monoisotopic (exact) mass is 589 g/mol. The number of hydrazone groups is 1. The van der Waals surface area contributed by atoms with Gasteiger partial charge in [0, 0.05) is 5.02 Å². The molecule has 4 aromatic carbocycles. The van der Waals surface area contributed by atoms with E-state index in [2.05, 4.69) is 24.4 Å². The lowest BCUT2D eigenvalue weighted by atomic mass is 10.0. The number of benzene rings is 4. The first-order chi connectivity index (χ1) is 19.6. The summed E-state index contributed by atoms with van der Waals surface area (Å²) >= 11 is 6.02. The first-order valence-electron chi connectivity index (χ1n) is 13.1. The highest BCUT2D eigenvalue weighted by Crippen LogP contribution is 2.26. The molecule has 1 N–H and O–H groups in total. The Bertz CT molecular complexity index is 1600. The first-order valence-corrected chi connectivity index (χ1v) is 14.9. The molecule has 0 saturated heterocycles. The van der Waals surface area contributed by atoms with Crippen LogP contribution in [0.3, 0.4) is 0 Å². The van der Waals surface area contributed by atoms with Crippen molar-refractivity contribution in [2.75, 3.05) is 10.8 Å². The predicted octanol–water partition coefficient (Wildman–Crippen LogP) is 6.70. The minimum atomic E-state index is -4.01. The van der Waals surface area contributed by atoms with Gasteiger partial charge in [0.1, 0.15) is 18.9 Å². The molecule has 41 heavy (non-hydrogen) atoms. The van der Waals surface area contributed by atoms with Crippen LogP contribution in [0.15, 0.2) is 107 Å². The average Bonchev–Trinajstić information content (AvgIpc) is 2.96. The summed E-state index contributed by atoms with van der Waals surface area (Å²) in [6, 6.07) is 28.4. The molecule has 0 saturated carbocycles. The maximum Gasteiger partial charge on any atom is 0.264 e. The highest BCUT2D eigenvalue weighted by molar-refractivity contribution is 7.92. The van der Waals surface area contributed by atoms with Gasteiger partial charge in [-0.2, -0.15) is 5.10 Å². The lowest BCUT2D eigenvalue weighted by Gasteiger charge is -2.24. The molecular weight excluding hydrogens is 558 g/mol. The van der Waals surface area contributed by atoms with E-state index in [1.54, 1.807) is 60.7 Å². The number of anilines is 1. The van der Waals surface area contributed by atoms with E-state index >= 15 is 0 Å². The Morgan fingerprint density at radius 2 is 1.66 bits per heavy atom. The lowest BCUT2D eigenvalue weighted by molar-refractivity contribution is -0.119. The van der Waals surface area contributed by atoms with E-state index in [1.165, 1.54) is 6.21 Å². The van der Waals surface area contributed by atoms with Gasteiger partial charge in [0.05, 0.1) is 16.8 Å². The second-order valence-corrected chi connectivity index (χ2v) is 12.2. The molecule has 0 aromatic heterocycles. The van der Waals surface area contributed by atoms with Crippen molar-refractivity contribution in [2.24, 2.45) is 5.10 Å². The Labute approximate surface area is 246 Å². The molecule has 7 nitrogen and oxygen atoms in total. The van der Waals surface area contributed by atoms with Gasteiger partial charge in [-0.15, -0.1) is 0 Å². The van der Waals surface area contributed by atoms with Gasteiger partial charge in [-0.1, -0.05) is 67.4 Å². The van der Waals surface area contributed by atoms with Gasteiger partial charge in [-0.3, -0.25) is 9.10 Å². The van der Waals surface area contributed by atoms with Crippen LogP contribution in [0.4, 0.5) is 5.69 Å². The standard InChI is InChI=1S/C32H32ClN3O4S/c1-23(2)27-11-13-29(14-12-27)36(41(38,39)31-17-7-24(3)8-18-31)21-32(37)35-34-20-25-9-15-30(16-10-25)40-22-26-5-4-6-28(33)19-26/h4-20,23H,21-22H2,1-3H3,(H,35,37)/b34-20-. The Balaban J connectivity index is 1.42. The van der Waals surface area contributed by atoms with Crippen molar-refractivity contribution in [3.63, 3.8) is 0 Å². The van der Waals surface area contributed by atoms with Gasteiger partial charge in [0.15, 0.2) is 0 Å². The first kappa shape index (κ1) is 29.8. The number of sulfonamides is 1. The highest BCUT2D eigenvalue weighted by atomic mass is 35.5. The number of nitrogens with one attached hydrogen (secondary N) is 1. The van der Waals surface area contributed by atoms with Crippen LogP contribution in [0.1, 0.15) is 42.0 Å². The second-order valence-electron chi connectivity index (χ2n) is 9.85. The summed E-state index contributed by atoms with van der Waals surface area (Å²) in [7, 11) is -4.01. The number of amides is 1. The zero-order chi connectivity index (χ0) is 29.4. The van der Waals surface area contributed by atoms with Gasteiger partial charge in [0.2, 0.25) is 0 Å². The molecule has 0 heterocycles. The van der Waals surface area contributed by atoms with E-state index in [0.717, 1.165) is 26.6 Å². The molecular formula is C32H32ClN3O4S. The van der Waals surface area contributed by atoms with Crippen molar-refractivity contribution in [2.45, 2.75) is 38.2 Å². The molecule has 0 radical (unpaired) electrons. The summed E-state index contributed by atoms with van der Waals surface area (Å²) in [5.41, 5.74) is 6.52. The molecule has 0 aliphatic rings. The predicted molar refractivity (Wildman–Crippen MR) is 164 cm³/mol. The highest BCUT2D eigenvalue weighted by Gasteiger charge is 2.27. The maximum absolute atomic E-state index is 13.6. The fraction of sp³-hybridized carbons (Fsp3) is 0.188. The topological polar surface area (TPSA) is 88.1 Å². The van der Waals surface area contributed by atoms with E-state index in [0.29, 0.717) is 23.1 Å². The third-order valence-electron chi connectivity index (χ3n) is 6.32. The van der Waals surface area contributed by atoms with E-state index < -0.39 is 22.5 Å². The summed E-state index contributed by atoms with van der Waals surface area (Å²) in [6.45, 7) is 5.94. The van der Waals surface area contributed by atoms with Gasteiger partial charge >= 0.3 is 0 Å². The van der Waals surface area contributed by atoms with Crippen LogP contribution in [0.5, 0.6) is 5.75 Å². The van der Waals surface area contributed by atoms with Crippen molar-refractivity contribution < 1.29 is 17.9 Å². The Morgan fingerprint density at radius 1 is 0.976 bits per heavy atom. The number of halogens is 1. The Hall–Kier alpha value is -4.14. The number of ether oxygens (including phenoxy) is 1.